The quantitative estimate of drug-likeness (QED) is 0.792. The zero-order valence-corrected chi connectivity index (χ0v) is 8.86. The van der Waals surface area contributed by atoms with Gasteiger partial charge in [0.2, 0.25) is 0 Å². The summed E-state index contributed by atoms with van der Waals surface area (Å²) in [6, 6.07) is 0. The number of aryl methyl sites for hydroxylation is 1. The average Bonchev–Trinajstić information content (AvgIpc) is 2.60. The fourth-order valence-electron chi connectivity index (χ4n) is 1.64. The predicted molar refractivity (Wildman–Crippen MR) is 50.5 cm³/mol. The summed E-state index contributed by atoms with van der Waals surface area (Å²) in [6.45, 7) is 0.988. The summed E-state index contributed by atoms with van der Waals surface area (Å²) in [5.41, 5.74) is 1.00. The van der Waals surface area contributed by atoms with Crippen LogP contribution in [0.15, 0.2) is 10.7 Å². The molecule has 0 aliphatic carbocycles. The predicted octanol–water partition coefficient (Wildman–Crippen LogP) is 0.657. The van der Waals surface area contributed by atoms with E-state index in [-0.39, 0.29) is 5.92 Å². The number of rotatable bonds is 1. The number of aliphatic hydroxyl groups is 1. The molecule has 2 unspecified atom stereocenters. The Bertz CT molecular complexity index is 294. The molecule has 72 valence electrons. The van der Waals surface area contributed by atoms with E-state index < -0.39 is 6.10 Å². The summed E-state index contributed by atoms with van der Waals surface area (Å²) < 4.78 is 7.90. The van der Waals surface area contributed by atoms with Crippen molar-refractivity contribution < 1.29 is 9.84 Å². The Morgan fingerprint density at radius 1 is 1.69 bits per heavy atom. The molecular formula is C8H11BrN2O2. The fourth-order valence-corrected chi connectivity index (χ4v) is 2.28. The number of aromatic nitrogens is 2. The standard InChI is InChI=1S/C8H11BrN2O2/c1-11-8(6(9)2-10-11)5-3-13-4-7(5)12/h2,5,7,12H,3-4H2,1H3. The Morgan fingerprint density at radius 3 is 2.92 bits per heavy atom. The largest absolute Gasteiger partial charge is 0.390 e. The fraction of sp³-hybridized carbons (Fsp3) is 0.625. The zero-order valence-electron chi connectivity index (χ0n) is 7.27. The molecule has 0 radical (unpaired) electrons. The summed E-state index contributed by atoms with van der Waals surface area (Å²) in [7, 11) is 1.87. The number of halogens is 1. The van der Waals surface area contributed by atoms with Crippen molar-refractivity contribution in [2.24, 2.45) is 7.05 Å². The molecule has 1 aromatic rings. The van der Waals surface area contributed by atoms with Crippen LogP contribution in [0.4, 0.5) is 0 Å². The molecule has 2 rings (SSSR count). The molecule has 0 aromatic carbocycles. The minimum Gasteiger partial charge on any atom is -0.390 e. The van der Waals surface area contributed by atoms with Crippen LogP contribution in [0, 0.1) is 0 Å². The first-order valence-electron chi connectivity index (χ1n) is 4.13. The van der Waals surface area contributed by atoms with E-state index in [2.05, 4.69) is 21.0 Å². The van der Waals surface area contributed by atoms with Gasteiger partial charge in [0.15, 0.2) is 0 Å². The molecule has 1 aliphatic heterocycles. The smallest absolute Gasteiger partial charge is 0.0879 e. The van der Waals surface area contributed by atoms with E-state index in [9.17, 15) is 5.11 Å². The summed E-state index contributed by atoms with van der Waals surface area (Å²) >= 11 is 3.40. The minimum atomic E-state index is -0.410. The lowest BCUT2D eigenvalue weighted by atomic mass is 10.0. The second-order valence-corrected chi connectivity index (χ2v) is 4.07. The number of nitrogens with zero attached hydrogens (tertiary/aromatic N) is 2. The highest BCUT2D eigenvalue weighted by molar-refractivity contribution is 9.10. The van der Waals surface area contributed by atoms with Gasteiger partial charge in [-0.1, -0.05) is 0 Å². The maximum absolute atomic E-state index is 9.62. The lowest BCUT2D eigenvalue weighted by molar-refractivity contribution is 0.124. The summed E-state index contributed by atoms with van der Waals surface area (Å²) in [4.78, 5) is 0. The molecule has 1 N–H and O–H groups in total. The van der Waals surface area contributed by atoms with Crippen LogP contribution in [-0.2, 0) is 11.8 Å². The third-order valence-electron chi connectivity index (χ3n) is 2.34. The van der Waals surface area contributed by atoms with Crippen LogP contribution < -0.4 is 0 Å². The van der Waals surface area contributed by atoms with Crippen molar-refractivity contribution in [2.75, 3.05) is 13.2 Å². The summed E-state index contributed by atoms with van der Waals surface area (Å²) in [5, 5.41) is 13.7. The van der Waals surface area contributed by atoms with Gasteiger partial charge >= 0.3 is 0 Å². The van der Waals surface area contributed by atoms with Crippen LogP contribution in [0.1, 0.15) is 11.6 Å². The van der Waals surface area contributed by atoms with Gasteiger partial charge in [-0.2, -0.15) is 5.10 Å². The van der Waals surface area contributed by atoms with Crippen LogP contribution in [0.5, 0.6) is 0 Å². The van der Waals surface area contributed by atoms with E-state index >= 15 is 0 Å². The summed E-state index contributed by atoms with van der Waals surface area (Å²) in [6.07, 6.45) is 1.33. The number of ether oxygens (including phenoxy) is 1. The molecule has 2 heterocycles. The molecular weight excluding hydrogens is 236 g/mol. The topological polar surface area (TPSA) is 47.3 Å². The molecule has 1 aliphatic rings. The van der Waals surface area contributed by atoms with E-state index in [0.29, 0.717) is 13.2 Å². The van der Waals surface area contributed by atoms with Gasteiger partial charge in [-0.15, -0.1) is 0 Å². The molecule has 13 heavy (non-hydrogen) atoms. The molecule has 1 saturated heterocycles. The second-order valence-electron chi connectivity index (χ2n) is 3.21. The molecule has 2 atom stereocenters. The van der Waals surface area contributed by atoms with Gasteiger partial charge in [0.05, 0.1) is 41.6 Å². The van der Waals surface area contributed by atoms with Gasteiger partial charge in [-0.05, 0) is 15.9 Å². The van der Waals surface area contributed by atoms with Gasteiger partial charge in [-0.25, -0.2) is 0 Å². The lowest BCUT2D eigenvalue weighted by Crippen LogP contribution is -2.18. The van der Waals surface area contributed by atoms with E-state index in [4.69, 9.17) is 4.74 Å². The molecule has 0 saturated carbocycles. The van der Waals surface area contributed by atoms with E-state index in [1.165, 1.54) is 0 Å². The third kappa shape index (κ3) is 1.51. The van der Waals surface area contributed by atoms with Crippen LogP contribution in [0.25, 0.3) is 0 Å². The molecule has 5 heteroatoms. The maximum atomic E-state index is 9.62. The van der Waals surface area contributed by atoms with Gasteiger partial charge in [0.25, 0.3) is 0 Å². The Morgan fingerprint density at radius 2 is 2.46 bits per heavy atom. The monoisotopic (exact) mass is 246 g/mol. The number of hydrogen-bond acceptors (Lipinski definition) is 3. The van der Waals surface area contributed by atoms with E-state index in [1.807, 2.05) is 7.05 Å². The lowest BCUT2D eigenvalue weighted by Gasteiger charge is -2.13. The molecule has 0 bridgehead atoms. The normalized spacial score (nSPS) is 28.2. The average molecular weight is 247 g/mol. The van der Waals surface area contributed by atoms with Crippen molar-refractivity contribution in [3.63, 3.8) is 0 Å². The number of aliphatic hydroxyl groups excluding tert-OH is 1. The van der Waals surface area contributed by atoms with Crippen molar-refractivity contribution in [3.05, 3.63) is 16.4 Å². The molecule has 1 fully saturated rings. The first kappa shape index (κ1) is 9.18. The minimum absolute atomic E-state index is 0.0434. The van der Waals surface area contributed by atoms with Crippen molar-refractivity contribution in [1.82, 2.24) is 9.78 Å². The van der Waals surface area contributed by atoms with E-state index in [0.717, 1.165) is 10.2 Å². The first-order chi connectivity index (χ1) is 6.20. The van der Waals surface area contributed by atoms with Crippen LogP contribution in [0.2, 0.25) is 0 Å². The second kappa shape index (κ2) is 3.40. The Balaban J connectivity index is 2.33. The van der Waals surface area contributed by atoms with Gasteiger partial charge in [0, 0.05) is 7.05 Å². The van der Waals surface area contributed by atoms with E-state index in [1.54, 1.807) is 10.9 Å². The Labute approximate surface area is 84.6 Å². The van der Waals surface area contributed by atoms with Crippen LogP contribution in [0.3, 0.4) is 0 Å². The third-order valence-corrected chi connectivity index (χ3v) is 2.95. The maximum Gasteiger partial charge on any atom is 0.0879 e. The summed E-state index contributed by atoms with van der Waals surface area (Å²) in [5.74, 6) is 0.0434. The van der Waals surface area contributed by atoms with Gasteiger partial charge in [-0.3, -0.25) is 4.68 Å². The van der Waals surface area contributed by atoms with Crippen molar-refractivity contribution >= 4 is 15.9 Å². The molecule has 4 nitrogen and oxygen atoms in total. The molecule has 1 aromatic heterocycles. The first-order valence-corrected chi connectivity index (χ1v) is 4.92. The van der Waals surface area contributed by atoms with Gasteiger partial charge in [0.1, 0.15) is 0 Å². The SMILES string of the molecule is Cn1ncc(Br)c1C1COCC1O. The van der Waals surface area contributed by atoms with Crippen molar-refractivity contribution in [1.29, 1.82) is 0 Å². The highest BCUT2D eigenvalue weighted by Crippen LogP contribution is 2.30. The molecule has 0 spiro atoms. The van der Waals surface area contributed by atoms with Crippen LogP contribution in [-0.4, -0.2) is 34.2 Å². The highest BCUT2D eigenvalue weighted by atomic mass is 79.9. The Hall–Kier alpha value is -0.390. The number of hydrogen-bond donors (Lipinski definition) is 1. The zero-order chi connectivity index (χ0) is 9.42. The van der Waals surface area contributed by atoms with Crippen molar-refractivity contribution in [3.8, 4) is 0 Å². The van der Waals surface area contributed by atoms with Crippen LogP contribution >= 0.6 is 15.9 Å². The Kier molecular flexibility index (Phi) is 2.40. The highest BCUT2D eigenvalue weighted by Gasteiger charge is 2.31. The van der Waals surface area contributed by atoms with Gasteiger partial charge < -0.3 is 9.84 Å². The molecule has 0 amide bonds. The van der Waals surface area contributed by atoms with Crippen molar-refractivity contribution in [2.45, 2.75) is 12.0 Å².